The van der Waals surface area contributed by atoms with E-state index >= 15 is 0 Å². The van der Waals surface area contributed by atoms with Gasteiger partial charge in [0.1, 0.15) is 5.75 Å². The summed E-state index contributed by atoms with van der Waals surface area (Å²) in [6.07, 6.45) is 0. The maximum atomic E-state index is 12.5. The highest BCUT2D eigenvalue weighted by atomic mass is 79.9. The number of phenolic OH excluding ortho intramolecular Hbond substituents is 1. The van der Waals surface area contributed by atoms with Crippen molar-refractivity contribution in [1.82, 2.24) is 14.8 Å². The Bertz CT molecular complexity index is 996. The van der Waals surface area contributed by atoms with E-state index in [1.807, 2.05) is 43.5 Å². The molecule has 0 aliphatic heterocycles. The average molecular weight is 461 g/mol. The quantitative estimate of drug-likeness (QED) is 0.517. The van der Waals surface area contributed by atoms with Crippen LogP contribution in [0.4, 0.5) is 5.69 Å². The molecule has 3 aromatic rings. The van der Waals surface area contributed by atoms with Crippen LogP contribution >= 0.6 is 27.7 Å². The molecule has 0 bridgehead atoms. The zero-order valence-corrected chi connectivity index (χ0v) is 18.3. The van der Waals surface area contributed by atoms with Gasteiger partial charge in [0.15, 0.2) is 11.0 Å². The van der Waals surface area contributed by atoms with Gasteiger partial charge in [-0.3, -0.25) is 4.79 Å². The molecule has 0 saturated carbocycles. The van der Waals surface area contributed by atoms with E-state index in [1.165, 1.54) is 11.8 Å². The predicted octanol–water partition coefficient (Wildman–Crippen LogP) is 4.78. The minimum absolute atomic E-state index is 0.103. The first kappa shape index (κ1) is 20.4. The SMILES string of the molecule is CCn1c(SCC(=O)Nc2c(C)cc(Br)cc2C)nnc1-c1ccccc1O. The number of benzene rings is 2. The summed E-state index contributed by atoms with van der Waals surface area (Å²) < 4.78 is 2.88. The summed E-state index contributed by atoms with van der Waals surface area (Å²) in [7, 11) is 0. The monoisotopic (exact) mass is 460 g/mol. The van der Waals surface area contributed by atoms with Crippen LogP contribution < -0.4 is 5.32 Å². The molecule has 1 aromatic heterocycles. The van der Waals surface area contributed by atoms with Crippen molar-refractivity contribution in [3.05, 3.63) is 52.0 Å². The summed E-state index contributed by atoms with van der Waals surface area (Å²) in [6.45, 7) is 6.54. The molecule has 0 fully saturated rings. The van der Waals surface area contributed by atoms with Crippen LogP contribution in [0.5, 0.6) is 5.75 Å². The van der Waals surface area contributed by atoms with Gasteiger partial charge in [-0.1, -0.05) is 39.8 Å². The molecule has 0 saturated heterocycles. The first-order valence-corrected chi connectivity index (χ1v) is 10.6. The van der Waals surface area contributed by atoms with Gasteiger partial charge in [0, 0.05) is 16.7 Å². The van der Waals surface area contributed by atoms with E-state index in [9.17, 15) is 9.90 Å². The number of nitrogens with one attached hydrogen (secondary N) is 1. The smallest absolute Gasteiger partial charge is 0.234 e. The first-order chi connectivity index (χ1) is 13.4. The van der Waals surface area contributed by atoms with Gasteiger partial charge in [-0.15, -0.1) is 10.2 Å². The summed E-state index contributed by atoms with van der Waals surface area (Å²) in [5.41, 5.74) is 3.46. The van der Waals surface area contributed by atoms with E-state index in [0.29, 0.717) is 23.1 Å². The fourth-order valence-corrected chi connectivity index (χ4v) is 4.45. The number of hydrogen-bond acceptors (Lipinski definition) is 5. The number of amides is 1. The number of nitrogens with zero attached hydrogens (tertiary/aromatic N) is 3. The van der Waals surface area contributed by atoms with Gasteiger partial charge in [-0.2, -0.15) is 0 Å². The molecule has 3 rings (SSSR count). The second-order valence-corrected chi connectivity index (χ2v) is 8.18. The van der Waals surface area contributed by atoms with Crippen LogP contribution in [0.1, 0.15) is 18.1 Å². The molecule has 0 aliphatic carbocycles. The fraction of sp³-hybridized carbons (Fsp3) is 0.250. The summed E-state index contributed by atoms with van der Waals surface area (Å²) in [6, 6.07) is 11.0. The molecule has 0 unspecified atom stereocenters. The molecule has 0 aliphatic rings. The fourth-order valence-electron chi connectivity index (χ4n) is 2.96. The third kappa shape index (κ3) is 4.39. The largest absolute Gasteiger partial charge is 0.507 e. The summed E-state index contributed by atoms with van der Waals surface area (Å²) >= 11 is 4.79. The second-order valence-electron chi connectivity index (χ2n) is 6.32. The standard InChI is InChI=1S/C20H21BrN4O2S/c1-4-25-19(15-7-5-6-8-16(15)26)23-24-20(25)28-11-17(27)22-18-12(2)9-14(21)10-13(18)3/h5-10,26H,4,11H2,1-3H3,(H,22,27). The summed E-state index contributed by atoms with van der Waals surface area (Å²) in [4.78, 5) is 12.5. The van der Waals surface area contributed by atoms with Crippen molar-refractivity contribution >= 4 is 39.3 Å². The van der Waals surface area contributed by atoms with Crippen molar-refractivity contribution in [1.29, 1.82) is 0 Å². The Morgan fingerprint density at radius 2 is 1.89 bits per heavy atom. The van der Waals surface area contributed by atoms with Crippen LogP contribution in [0.15, 0.2) is 46.0 Å². The number of rotatable bonds is 6. The number of hydrogen-bond donors (Lipinski definition) is 2. The maximum absolute atomic E-state index is 12.5. The zero-order chi connectivity index (χ0) is 20.3. The Labute approximate surface area is 176 Å². The number of phenols is 1. The molecule has 146 valence electrons. The number of carbonyl (C=O) groups excluding carboxylic acids is 1. The molecule has 0 radical (unpaired) electrons. The van der Waals surface area contributed by atoms with Gasteiger partial charge in [0.25, 0.3) is 0 Å². The molecular weight excluding hydrogens is 440 g/mol. The molecular formula is C20H21BrN4O2S. The lowest BCUT2D eigenvalue weighted by Crippen LogP contribution is -2.16. The average Bonchev–Trinajstić information content (AvgIpc) is 3.06. The number of anilines is 1. The number of thioether (sulfide) groups is 1. The maximum Gasteiger partial charge on any atom is 0.234 e. The minimum Gasteiger partial charge on any atom is -0.507 e. The molecule has 1 heterocycles. The Morgan fingerprint density at radius 3 is 2.54 bits per heavy atom. The van der Waals surface area contributed by atoms with Crippen molar-refractivity contribution in [2.75, 3.05) is 11.1 Å². The molecule has 2 N–H and O–H groups in total. The predicted molar refractivity (Wildman–Crippen MR) is 116 cm³/mol. The van der Waals surface area contributed by atoms with E-state index in [4.69, 9.17) is 0 Å². The van der Waals surface area contributed by atoms with Crippen LogP contribution in [0.2, 0.25) is 0 Å². The van der Waals surface area contributed by atoms with E-state index in [0.717, 1.165) is 21.3 Å². The van der Waals surface area contributed by atoms with Gasteiger partial charge >= 0.3 is 0 Å². The number of aromatic nitrogens is 3. The summed E-state index contributed by atoms with van der Waals surface area (Å²) in [5, 5.41) is 22.1. The van der Waals surface area contributed by atoms with Gasteiger partial charge < -0.3 is 15.0 Å². The lowest BCUT2D eigenvalue weighted by Gasteiger charge is -2.12. The Kier molecular flexibility index (Phi) is 6.41. The van der Waals surface area contributed by atoms with Gasteiger partial charge in [-0.05, 0) is 56.2 Å². The topological polar surface area (TPSA) is 80.0 Å². The lowest BCUT2D eigenvalue weighted by atomic mass is 10.1. The summed E-state index contributed by atoms with van der Waals surface area (Å²) in [5.74, 6) is 0.852. The second kappa shape index (κ2) is 8.79. The number of para-hydroxylation sites is 1. The van der Waals surface area contributed by atoms with Crippen molar-refractivity contribution in [2.45, 2.75) is 32.5 Å². The van der Waals surface area contributed by atoms with Crippen molar-refractivity contribution in [3.63, 3.8) is 0 Å². The highest BCUT2D eigenvalue weighted by Gasteiger charge is 2.17. The van der Waals surface area contributed by atoms with Crippen LogP contribution in [-0.4, -0.2) is 31.5 Å². The zero-order valence-electron chi connectivity index (χ0n) is 15.9. The first-order valence-electron chi connectivity index (χ1n) is 8.81. The molecule has 28 heavy (non-hydrogen) atoms. The van der Waals surface area contributed by atoms with E-state index in [2.05, 4.69) is 31.4 Å². The van der Waals surface area contributed by atoms with Crippen LogP contribution in [0.25, 0.3) is 11.4 Å². The van der Waals surface area contributed by atoms with Gasteiger partial charge in [0.05, 0.1) is 11.3 Å². The Balaban J connectivity index is 1.73. The van der Waals surface area contributed by atoms with E-state index < -0.39 is 0 Å². The number of aromatic hydroxyl groups is 1. The van der Waals surface area contributed by atoms with Crippen molar-refractivity contribution in [3.8, 4) is 17.1 Å². The number of carbonyl (C=O) groups is 1. The lowest BCUT2D eigenvalue weighted by molar-refractivity contribution is -0.113. The van der Waals surface area contributed by atoms with Gasteiger partial charge in [-0.25, -0.2) is 0 Å². The van der Waals surface area contributed by atoms with E-state index in [1.54, 1.807) is 18.2 Å². The molecule has 6 nitrogen and oxygen atoms in total. The van der Waals surface area contributed by atoms with Crippen LogP contribution in [-0.2, 0) is 11.3 Å². The molecule has 0 spiro atoms. The van der Waals surface area contributed by atoms with Crippen LogP contribution in [0, 0.1) is 13.8 Å². The third-order valence-electron chi connectivity index (χ3n) is 4.27. The van der Waals surface area contributed by atoms with Crippen LogP contribution in [0.3, 0.4) is 0 Å². The Hall–Kier alpha value is -2.32. The molecule has 0 atom stereocenters. The minimum atomic E-state index is -0.103. The van der Waals surface area contributed by atoms with Gasteiger partial charge in [0.2, 0.25) is 5.91 Å². The normalized spacial score (nSPS) is 10.9. The third-order valence-corrected chi connectivity index (χ3v) is 5.70. The highest BCUT2D eigenvalue weighted by molar-refractivity contribution is 9.10. The Morgan fingerprint density at radius 1 is 1.21 bits per heavy atom. The van der Waals surface area contributed by atoms with Crippen molar-refractivity contribution < 1.29 is 9.90 Å². The molecule has 8 heteroatoms. The number of aryl methyl sites for hydroxylation is 2. The van der Waals surface area contributed by atoms with Crippen molar-refractivity contribution in [2.24, 2.45) is 0 Å². The number of halogens is 1. The molecule has 1 amide bonds. The van der Waals surface area contributed by atoms with E-state index in [-0.39, 0.29) is 17.4 Å². The molecule has 2 aromatic carbocycles. The highest BCUT2D eigenvalue weighted by Crippen LogP contribution is 2.30.